The van der Waals surface area contributed by atoms with Crippen molar-refractivity contribution in [2.24, 2.45) is 0 Å². The highest BCUT2D eigenvalue weighted by molar-refractivity contribution is 6.33. The lowest BCUT2D eigenvalue weighted by Crippen LogP contribution is -2.48. The molecule has 0 spiro atoms. The molecule has 1 heterocycles. The first-order valence-electron chi connectivity index (χ1n) is 8.21. The molecule has 6 heteroatoms. The molecule has 0 aliphatic carbocycles. The summed E-state index contributed by atoms with van der Waals surface area (Å²) in [5.41, 5.74) is 2.32. The van der Waals surface area contributed by atoms with Crippen molar-refractivity contribution >= 4 is 34.8 Å². The molecule has 0 saturated carbocycles. The Kier molecular flexibility index (Phi) is 5.24. The van der Waals surface area contributed by atoms with Crippen LogP contribution in [-0.2, 0) is 4.79 Å². The van der Waals surface area contributed by atoms with E-state index in [1.165, 1.54) is 6.92 Å². The van der Waals surface area contributed by atoms with E-state index in [4.69, 9.17) is 11.6 Å². The average Bonchev–Trinajstić information content (AvgIpc) is 2.62. The fourth-order valence-corrected chi connectivity index (χ4v) is 3.26. The number of carbonyl (C=O) groups is 2. The maximum atomic E-state index is 12.5. The molecule has 1 fully saturated rings. The van der Waals surface area contributed by atoms with Crippen molar-refractivity contribution in [3.63, 3.8) is 0 Å². The Morgan fingerprint density at radius 2 is 1.68 bits per heavy atom. The van der Waals surface area contributed by atoms with Gasteiger partial charge in [0.2, 0.25) is 5.91 Å². The first-order valence-corrected chi connectivity index (χ1v) is 8.59. The zero-order chi connectivity index (χ0) is 17.8. The van der Waals surface area contributed by atoms with Gasteiger partial charge in [-0.05, 0) is 30.3 Å². The summed E-state index contributed by atoms with van der Waals surface area (Å²) >= 11 is 6.37. The van der Waals surface area contributed by atoms with Gasteiger partial charge in [-0.2, -0.15) is 0 Å². The van der Waals surface area contributed by atoms with Crippen LogP contribution in [0.1, 0.15) is 17.3 Å². The number of hydrogen-bond donors (Lipinski definition) is 1. The van der Waals surface area contributed by atoms with Crippen molar-refractivity contribution in [2.45, 2.75) is 6.92 Å². The van der Waals surface area contributed by atoms with Crippen LogP contribution in [0.25, 0.3) is 0 Å². The molecule has 0 radical (unpaired) electrons. The number of halogens is 1. The maximum Gasteiger partial charge on any atom is 0.253 e. The number of nitrogens with one attached hydrogen (secondary N) is 1. The molecule has 1 aliphatic rings. The summed E-state index contributed by atoms with van der Waals surface area (Å²) in [6.07, 6.45) is 0. The highest BCUT2D eigenvalue weighted by Crippen LogP contribution is 2.29. The Morgan fingerprint density at radius 3 is 2.28 bits per heavy atom. The number of benzene rings is 2. The predicted molar refractivity (Wildman–Crippen MR) is 100 cm³/mol. The van der Waals surface area contributed by atoms with Gasteiger partial charge in [0, 0.05) is 44.4 Å². The van der Waals surface area contributed by atoms with Gasteiger partial charge in [0.1, 0.15) is 0 Å². The van der Waals surface area contributed by atoms with Gasteiger partial charge in [0.15, 0.2) is 0 Å². The second-order valence-electron chi connectivity index (χ2n) is 5.99. The van der Waals surface area contributed by atoms with Crippen molar-refractivity contribution in [1.82, 2.24) is 4.90 Å². The van der Waals surface area contributed by atoms with E-state index in [9.17, 15) is 9.59 Å². The van der Waals surface area contributed by atoms with Crippen LogP contribution >= 0.6 is 11.6 Å². The van der Waals surface area contributed by atoms with E-state index in [0.717, 1.165) is 18.8 Å². The third-order valence-corrected chi connectivity index (χ3v) is 4.50. The summed E-state index contributed by atoms with van der Waals surface area (Å²) in [6.45, 7) is 4.20. The fraction of sp³-hybridized carbons (Fsp3) is 0.263. The average molecular weight is 358 g/mol. The zero-order valence-corrected chi connectivity index (χ0v) is 14.8. The van der Waals surface area contributed by atoms with Crippen molar-refractivity contribution in [3.05, 3.63) is 59.1 Å². The molecule has 130 valence electrons. The van der Waals surface area contributed by atoms with Crippen LogP contribution in [0, 0.1) is 0 Å². The lowest BCUT2D eigenvalue weighted by molar-refractivity contribution is -0.114. The third kappa shape index (κ3) is 4.12. The van der Waals surface area contributed by atoms with Crippen molar-refractivity contribution in [3.8, 4) is 0 Å². The van der Waals surface area contributed by atoms with Crippen LogP contribution in [0.5, 0.6) is 0 Å². The Balaban J connectivity index is 1.64. The van der Waals surface area contributed by atoms with Gasteiger partial charge in [-0.3, -0.25) is 9.59 Å². The van der Waals surface area contributed by atoms with Crippen LogP contribution in [0.2, 0.25) is 5.02 Å². The van der Waals surface area contributed by atoms with E-state index < -0.39 is 0 Å². The van der Waals surface area contributed by atoms with Gasteiger partial charge in [0.05, 0.1) is 10.7 Å². The number of rotatable bonds is 3. The van der Waals surface area contributed by atoms with E-state index in [1.54, 1.807) is 6.07 Å². The highest BCUT2D eigenvalue weighted by Gasteiger charge is 2.23. The quantitative estimate of drug-likeness (QED) is 0.917. The normalized spacial score (nSPS) is 14.3. The molecule has 1 aliphatic heterocycles. The number of piperazine rings is 1. The third-order valence-electron chi connectivity index (χ3n) is 4.20. The maximum absolute atomic E-state index is 12.5. The highest BCUT2D eigenvalue weighted by atomic mass is 35.5. The number of anilines is 2. The van der Waals surface area contributed by atoms with Crippen LogP contribution in [-0.4, -0.2) is 42.9 Å². The molecule has 5 nitrogen and oxygen atoms in total. The predicted octanol–water partition coefficient (Wildman–Crippen LogP) is 3.26. The van der Waals surface area contributed by atoms with Crippen LogP contribution < -0.4 is 10.2 Å². The Morgan fingerprint density at radius 1 is 1.00 bits per heavy atom. The number of amides is 2. The molecule has 2 amide bonds. The monoisotopic (exact) mass is 357 g/mol. The van der Waals surface area contributed by atoms with Crippen molar-refractivity contribution in [1.29, 1.82) is 0 Å². The first kappa shape index (κ1) is 17.3. The molecule has 0 aromatic heterocycles. The summed E-state index contributed by atoms with van der Waals surface area (Å²) in [4.78, 5) is 27.7. The molecule has 2 aromatic carbocycles. The SMILES string of the molecule is CC(=O)Nc1ccc(N2CCN(C(=O)c3ccccc3)CC2)c(Cl)c1. The van der Waals surface area contributed by atoms with E-state index in [0.29, 0.717) is 29.4 Å². The standard InChI is InChI=1S/C19H20ClN3O2/c1-14(24)21-16-7-8-18(17(20)13-16)22-9-11-23(12-10-22)19(25)15-5-3-2-4-6-15/h2-8,13H,9-12H2,1H3,(H,21,24). The summed E-state index contributed by atoms with van der Waals surface area (Å²) in [5.74, 6) is -0.0655. The summed E-state index contributed by atoms with van der Waals surface area (Å²) in [5, 5.41) is 3.31. The minimum atomic E-state index is -0.128. The molecular weight excluding hydrogens is 338 g/mol. The summed E-state index contributed by atoms with van der Waals surface area (Å²) in [7, 11) is 0. The molecule has 0 atom stereocenters. The van der Waals surface area contributed by atoms with Gasteiger partial charge >= 0.3 is 0 Å². The largest absolute Gasteiger partial charge is 0.367 e. The molecule has 25 heavy (non-hydrogen) atoms. The lowest BCUT2D eigenvalue weighted by atomic mass is 10.1. The summed E-state index contributed by atoms with van der Waals surface area (Å²) < 4.78 is 0. The minimum Gasteiger partial charge on any atom is -0.367 e. The lowest BCUT2D eigenvalue weighted by Gasteiger charge is -2.36. The zero-order valence-electron chi connectivity index (χ0n) is 14.0. The Labute approximate surface area is 152 Å². The van der Waals surface area contributed by atoms with E-state index in [-0.39, 0.29) is 11.8 Å². The number of carbonyl (C=O) groups excluding carboxylic acids is 2. The molecule has 0 unspecified atom stereocenters. The van der Waals surface area contributed by atoms with E-state index in [1.807, 2.05) is 47.4 Å². The second-order valence-corrected chi connectivity index (χ2v) is 6.40. The van der Waals surface area contributed by atoms with Crippen LogP contribution in [0.3, 0.4) is 0 Å². The van der Waals surface area contributed by atoms with Crippen LogP contribution in [0.4, 0.5) is 11.4 Å². The van der Waals surface area contributed by atoms with Gasteiger partial charge in [-0.1, -0.05) is 29.8 Å². The molecule has 3 rings (SSSR count). The molecular formula is C19H20ClN3O2. The number of nitrogens with zero attached hydrogens (tertiary/aromatic N) is 2. The van der Waals surface area contributed by atoms with Gasteiger partial charge < -0.3 is 15.1 Å². The van der Waals surface area contributed by atoms with Gasteiger partial charge in [0.25, 0.3) is 5.91 Å². The molecule has 2 aromatic rings. The van der Waals surface area contributed by atoms with E-state index >= 15 is 0 Å². The topological polar surface area (TPSA) is 52.7 Å². The van der Waals surface area contributed by atoms with Gasteiger partial charge in [-0.25, -0.2) is 0 Å². The van der Waals surface area contributed by atoms with Crippen molar-refractivity contribution < 1.29 is 9.59 Å². The first-order chi connectivity index (χ1) is 12.0. The summed E-state index contributed by atoms with van der Waals surface area (Å²) in [6, 6.07) is 14.8. The van der Waals surface area contributed by atoms with Crippen LogP contribution in [0.15, 0.2) is 48.5 Å². The van der Waals surface area contributed by atoms with E-state index in [2.05, 4.69) is 10.2 Å². The molecule has 1 saturated heterocycles. The smallest absolute Gasteiger partial charge is 0.253 e. The Bertz CT molecular complexity index is 771. The van der Waals surface area contributed by atoms with Crippen molar-refractivity contribution in [2.75, 3.05) is 36.4 Å². The molecule has 1 N–H and O–H groups in total. The van der Waals surface area contributed by atoms with Gasteiger partial charge in [-0.15, -0.1) is 0 Å². The second kappa shape index (κ2) is 7.57. The Hall–Kier alpha value is -2.53. The molecule has 0 bridgehead atoms. The minimum absolute atomic E-state index is 0.0624. The fourth-order valence-electron chi connectivity index (χ4n) is 2.96. The number of hydrogen-bond acceptors (Lipinski definition) is 3.